The van der Waals surface area contributed by atoms with Crippen LogP contribution in [0.15, 0.2) is 87.0 Å². The highest BCUT2D eigenvalue weighted by atomic mass is 32.1. The summed E-state index contributed by atoms with van der Waals surface area (Å²) in [6.07, 6.45) is 0. The van der Waals surface area contributed by atoms with Gasteiger partial charge in [-0.05, 0) is 56.3 Å². The minimum Gasteiger partial charge on any atom is -0.482 e. The van der Waals surface area contributed by atoms with E-state index in [9.17, 15) is 18.4 Å². The van der Waals surface area contributed by atoms with Crippen LogP contribution in [0.4, 0.5) is 20.2 Å². The number of thiazole rings is 1. The molecule has 0 saturated heterocycles. The number of benzene rings is 3. The van der Waals surface area contributed by atoms with Gasteiger partial charge in [-0.1, -0.05) is 24.3 Å². The molecule has 1 amide bonds. The lowest BCUT2D eigenvalue weighted by Gasteiger charge is -2.18. The molecule has 9 nitrogen and oxygen atoms in total. The molecule has 0 radical (unpaired) electrons. The van der Waals surface area contributed by atoms with E-state index in [0.29, 0.717) is 38.9 Å². The second-order valence-corrected chi connectivity index (χ2v) is 10.4. The molecule has 0 unspecified atom stereocenters. The van der Waals surface area contributed by atoms with Crippen LogP contribution in [0.1, 0.15) is 18.2 Å². The number of anilines is 1. The van der Waals surface area contributed by atoms with Gasteiger partial charge in [-0.2, -0.15) is 5.10 Å². The first-order valence-corrected chi connectivity index (χ1v) is 13.8. The summed E-state index contributed by atoms with van der Waals surface area (Å²) in [6, 6.07) is 18.0. The molecule has 0 aliphatic carbocycles. The predicted octanol–water partition coefficient (Wildman–Crippen LogP) is 5.13. The Morgan fingerprint density at radius 2 is 1.76 bits per heavy atom. The zero-order valence-corrected chi connectivity index (χ0v) is 23.6. The van der Waals surface area contributed by atoms with Gasteiger partial charge in [0.2, 0.25) is 4.80 Å². The molecule has 5 aromatic rings. The number of hydrogen-bond donors (Lipinski definition) is 1. The fourth-order valence-electron chi connectivity index (χ4n) is 4.74. The molecular formula is C30H24F2N6O3S. The van der Waals surface area contributed by atoms with E-state index < -0.39 is 11.6 Å². The van der Waals surface area contributed by atoms with Crippen molar-refractivity contribution in [2.75, 3.05) is 11.9 Å². The highest BCUT2D eigenvalue weighted by molar-refractivity contribution is 7.07. The number of hydrogen-bond acceptors (Lipinski definition) is 6. The second kappa shape index (κ2) is 10.7. The number of nitrogens with zero attached hydrogens (tertiary/aromatic N) is 5. The summed E-state index contributed by atoms with van der Waals surface area (Å²) in [5.41, 5.74) is 2.57. The summed E-state index contributed by atoms with van der Waals surface area (Å²) in [4.78, 5) is 30.5. The van der Waals surface area contributed by atoms with Crippen molar-refractivity contribution in [3.63, 3.8) is 0 Å². The zero-order valence-electron chi connectivity index (χ0n) is 22.8. The molecule has 0 spiro atoms. The average molecular weight is 587 g/mol. The first-order chi connectivity index (χ1) is 20.2. The molecule has 6 rings (SSSR count). The minimum atomic E-state index is -0.759. The third-order valence-electron chi connectivity index (χ3n) is 6.90. The maximum absolute atomic E-state index is 14.7. The van der Waals surface area contributed by atoms with Crippen molar-refractivity contribution in [1.82, 2.24) is 14.0 Å². The third kappa shape index (κ3) is 4.75. The fraction of sp³-hybridized carbons (Fsp3) is 0.133. The van der Waals surface area contributed by atoms with Gasteiger partial charge in [0, 0.05) is 18.0 Å². The number of aromatic nitrogens is 3. The molecule has 12 heteroatoms. The van der Waals surface area contributed by atoms with Crippen molar-refractivity contribution in [1.29, 1.82) is 0 Å². The molecule has 1 N–H and O–H groups in total. The molecule has 0 bridgehead atoms. The van der Waals surface area contributed by atoms with Gasteiger partial charge in [0.1, 0.15) is 17.4 Å². The number of rotatable bonds is 5. The summed E-state index contributed by atoms with van der Waals surface area (Å²) in [5.74, 6) is -1.29. The van der Waals surface area contributed by atoms with Crippen LogP contribution in [0, 0.1) is 18.6 Å². The number of fused-ring (bicyclic) bond motifs is 1. The van der Waals surface area contributed by atoms with Crippen molar-refractivity contribution in [3.05, 3.63) is 110 Å². The van der Waals surface area contributed by atoms with Gasteiger partial charge in [-0.15, -0.1) is 11.3 Å². The van der Waals surface area contributed by atoms with Crippen LogP contribution in [0.3, 0.4) is 0 Å². The van der Waals surface area contributed by atoms with Crippen LogP contribution in [0.2, 0.25) is 0 Å². The lowest BCUT2D eigenvalue weighted by molar-refractivity contribution is -0.118. The van der Waals surface area contributed by atoms with E-state index in [2.05, 4.69) is 10.4 Å². The second-order valence-electron chi connectivity index (χ2n) is 9.57. The lowest BCUT2D eigenvalue weighted by atomic mass is 10.1. The molecule has 0 atom stereocenters. The third-order valence-corrected chi connectivity index (χ3v) is 7.72. The monoisotopic (exact) mass is 586 g/mol. The first kappa shape index (κ1) is 27.1. The molecule has 3 heterocycles. The summed E-state index contributed by atoms with van der Waals surface area (Å²) >= 11 is 1.20. The van der Waals surface area contributed by atoms with Gasteiger partial charge in [0.05, 0.1) is 34.0 Å². The van der Waals surface area contributed by atoms with Crippen LogP contribution >= 0.6 is 11.3 Å². The average Bonchev–Trinajstić information content (AvgIpc) is 3.46. The summed E-state index contributed by atoms with van der Waals surface area (Å²) in [5, 5.41) is 9.15. The van der Waals surface area contributed by atoms with E-state index >= 15 is 0 Å². The van der Waals surface area contributed by atoms with Gasteiger partial charge in [-0.25, -0.2) is 23.1 Å². The minimum absolute atomic E-state index is 0.0628. The molecular weight excluding hydrogens is 562 g/mol. The maximum atomic E-state index is 14.7. The SMILES string of the molecule is CC(=Nn1c(-c2ccc3c(c2)NC(=O)CO3)csc1=Nc1c(C)n(C)n(-c2ccccc2)c1=O)c1c(F)cccc1F. The Labute approximate surface area is 242 Å². The molecule has 1 aliphatic heterocycles. The van der Waals surface area contributed by atoms with Gasteiger partial charge in [0.25, 0.3) is 11.5 Å². The number of para-hydroxylation sites is 1. The quantitative estimate of drug-likeness (QED) is 0.290. The topological polar surface area (TPSA) is 94.9 Å². The Kier molecular flexibility index (Phi) is 6.91. The fourth-order valence-corrected chi connectivity index (χ4v) is 5.57. The Balaban J connectivity index is 1.57. The summed E-state index contributed by atoms with van der Waals surface area (Å²) < 4.78 is 39.5. The number of nitrogens with one attached hydrogen (secondary N) is 1. The van der Waals surface area contributed by atoms with Crippen molar-refractivity contribution in [2.45, 2.75) is 13.8 Å². The van der Waals surface area contributed by atoms with Gasteiger partial charge < -0.3 is 10.1 Å². The first-order valence-electron chi connectivity index (χ1n) is 12.9. The number of ether oxygens (including phenoxy) is 1. The summed E-state index contributed by atoms with van der Waals surface area (Å²) in [6.45, 7) is 3.20. The zero-order chi connectivity index (χ0) is 29.5. The maximum Gasteiger partial charge on any atom is 0.297 e. The van der Waals surface area contributed by atoms with Crippen LogP contribution in [0.25, 0.3) is 16.9 Å². The Hall–Kier alpha value is -5.10. The van der Waals surface area contributed by atoms with E-state index in [1.165, 1.54) is 33.7 Å². The van der Waals surface area contributed by atoms with Crippen LogP contribution in [0.5, 0.6) is 5.75 Å². The van der Waals surface area contributed by atoms with Gasteiger partial charge >= 0.3 is 0 Å². The standard InChI is InChI=1S/C30H24F2N6O3S/c1-17(27-21(31)10-7-11-22(27)32)35-37-24(19-12-13-25-23(14-19)33-26(39)15-41-25)16-42-30(37)34-28-18(2)36(3)38(29(28)40)20-8-5-4-6-9-20/h4-14,16H,15H2,1-3H3,(H,33,39). The Morgan fingerprint density at radius 3 is 2.50 bits per heavy atom. The lowest BCUT2D eigenvalue weighted by Crippen LogP contribution is -2.25. The largest absolute Gasteiger partial charge is 0.482 e. The number of amides is 1. The van der Waals surface area contributed by atoms with E-state index in [4.69, 9.17) is 9.73 Å². The molecule has 212 valence electrons. The number of carbonyl (C=O) groups excluding carboxylic acids is 1. The van der Waals surface area contributed by atoms with E-state index in [-0.39, 0.29) is 35.0 Å². The van der Waals surface area contributed by atoms with E-state index in [1.807, 2.05) is 30.3 Å². The van der Waals surface area contributed by atoms with Crippen LogP contribution < -0.4 is 20.4 Å². The number of carbonyl (C=O) groups is 1. The molecule has 2 aromatic heterocycles. The number of halogens is 2. The highest BCUT2D eigenvalue weighted by Gasteiger charge is 2.20. The highest BCUT2D eigenvalue weighted by Crippen LogP contribution is 2.33. The molecule has 3 aromatic carbocycles. The van der Waals surface area contributed by atoms with Crippen molar-refractivity contribution < 1.29 is 18.3 Å². The van der Waals surface area contributed by atoms with Crippen molar-refractivity contribution in [3.8, 4) is 22.7 Å². The van der Waals surface area contributed by atoms with Crippen LogP contribution in [-0.4, -0.2) is 32.3 Å². The van der Waals surface area contributed by atoms with Crippen molar-refractivity contribution in [2.24, 2.45) is 17.1 Å². The van der Waals surface area contributed by atoms with Gasteiger partial charge in [-0.3, -0.25) is 14.3 Å². The normalized spacial score (nSPS) is 13.6. The van der Waals surface area contributed by atoms with Crippen LogP contribution in [-0.2, 0) is 11.8 Å². The Bertz CT molecular complexity index is 2000. The van der Waals surface area contributed by atoms with Gasteiger partial charge in [0.15, 0.2) is 12.3 Å². The summed E-state index contributed by atoms with van der Waals surface area (Å²) in [7, 11) is 1.77. The smallest absolute Gasteiger partial charge is 0.297 e. The predicted molar refractivity (Wildman–Crippen MR) is 157 cm³/mol. The Morgan fingerprint density at radius 1 is 1.02 bits per heavy atom. The van der Waals surface area contributed by atoms with E-state index in [1.54, 1.807) is 42.2 Å². The molecule has 1 aliphatic rings. The molecule has 0 saturated carbocycles. The molecule has 0 fully saturated rings. The van der Waals surface area contributed by atoms with E-state index in [0.717, 1.165) is 12.1 Å². The van der Waals surface area contributed by atoms with Crippen molar-refractivity contribution >= 4 is 34.3 Å². The molecule has 42 heavy (non-hydrogen) atoms.